The fraction of sp³-hybridized carbons (Fsp3) is 0.389. The summed E-state index contributed by atoms with van der Waals surface area (Å²) in [7, 11) is 1.57. The van der Waals surface area contributed by atoms with Gasteiger partial charge in [-0.15, -0.1) is 22.9 Å². The van der Waals surface area contributed by atoms with Gasteiger partial charge in [-0.05, 0) is 12.5 Å². The molecule has 1 atom stereocenters. The maximum Gasteiger partial charge on any atom is 0.357 e. The van der Waals surface area contributed by atoms with Crippen LogP contribution in [-0.2, 0) is 20.8 Å². The molecule has 1 heterocycles. The van der Waals surface area contributed by atoms with Gasteiger partial charge in [-0.2, -0.15) is 0 Å². The number of hydrogen-bond donors (Lipinski definition) is 0. The minimum absolute atomic E-state index is 0.234. The number of hydrogen-bond acceptors (Lipinski definition) is 6. The molecule has 0 aliphatic rings. The summed E-state index contributed by atoms with van der Waals surface area (Å²) < 4.78 is 10.0. The van der Waals surface area contributed by atoms with E-state index in [4.69, 9.17) is 21.1 Å². The SMILES string of the molecule is CCOC(=O)c1csc(CN(CCOC)C(=O)C(Cl)c2ccccc2)n1. The lowest BCUT2D eigenvalue weighted by molar-refractivity contribution is -0.132. The van der Waals surface area contributed by atoms with Crippen LogP contribution >= 0.6 is 22.9 Å². The Balaban J connectivity index is 2.11. The number of benzene rings is 1. The standard InChI is InChI=1S/C18H21ClN2O4S/c1-3-25-18(23)14-12-26-15(20-14)11-21(9-10-24-2)17(22)16(19)13-7-5-4-6-8-13/h4-8,12,16H,3,9-11H2,1-2H3. The molecule has 1 amide bonds. The molecule has 1 unspecified atom stereocenters. The van der Waals surface area contributed by atoms with Crippen LogP contribution in [0, 0.1) is 0 Å². The first kappa shape index (κ1) is 20.4. The molecule has 6 nitrogen and oxygen atoms in total. The van der Waals surface area contributed by atoms with E-state index in [1.165, 1.54) is 11.3 Å². The predicted octanol–water partition coefficient (Wildman–Crippen LogP) is 3.27. The number of alkyl halides is 1. The average Bonchev–Trinajstić information content (AvgIpc) is 3.13. The topological polar surface area (TPSA) is 68.7 Å². The molecule has 1 aromatic carbocycles. The molecule has 140 valence electrons. The van der Waals surface area contributed by atoms with E-state index in [9.17, 15) is 9.59 Å². The molecule has 8 heteroatoms. The Hall–Kier alpha value is -1.96. The molecule has 0 N–H and O–H groups in total. The van der Waals surface area contributed by atoms with Crippen molar-refractivity contribution in [1.82, 2.24) is 9.88 Å². The van der Waals surface area contributed by atoms with Crippen molar-refractivity contribution in [3.8, 4) is 0 Å². The molecule has 0 saturated carbocycles. The third-order valence-electron chi connectivity index (χ3n) is 3.55. The maximum absolute atomic E-state index is 12.8. The fourth-order valence-corrected chi connectivity index (χ4v) is 3.30. The highest BCUT2D eigenvalue weighted by molar-refractivity contribution is 7.09. The van der Waals surface area contributed by atoms with Gasteiger partial charge < -0.3 is 14.4 Å². The van der Waals surface area contributed by atoms with Gasteiger partial charge in [0.1, 0.15) is 10.4 Å². The quantitative estimate of drug-likeness (QED) is 0.480. The van der Waals surface area contributed by atoms with Gasteiger partial charge in [0.05, 0.1) is 19.8 Å². The molecule has 2 aromatic rings. The lowest BCUT2D eigenvalue weighted by Crippen LogP contribution is -2.35. The Kier molecular flexibility index (Phi) is 8.03. The third-order valence-corrected chi connectivity index (χ3v) is 4.82. The normalized spacial score (nSPS) is 11.8. The summed E-state index contributed by atoms with van der Waals surface area (Å²) in [4.78, 5) is 30.4. The third kappa shape index (κ3) is 5.52. The second-order valence-corrected chi connectivity index (χ2v) is 6.75. The Morgan fingerprint density at radius 3 is 2.69 bits per heavy atom. The maximum atomic E-state index is 12.8. The monoisotopic (exact) mass is 396 g/mol. The van der Waals surface area contributed by atoms with Crippen LogP contribution in [0.1, 0.15) is 33.4 Å². The molecule has 0 spiro atoms. The van der Waals surface area contributed by atoms with Crippen LogP contribution in [0.25, 0.3) is 0 Å². The van der Waals surface area contributed by atoms with E-state index in [2.05, 4.69) is 4.98 Å². The number of amides is 1. The van der Waals surface area contributed by atoms with Gasteiger partial charge >= 0.3 is 5.97 Å². The molecule has 0 aliphatic heterocycles. The highest BCUT2D eigenvalue weighted by Crippen LogP contribution is 2.24. The van der Waals surface area contributed by atoms with Gasteiger partial charge in [0.15, 0.2) is 5.69 Å². The fourth-order valence-electron chi connectivity index (χ4n) is 2.24. The first-order valence-electron chi connectivity index (χ1n) is 8.15. The van der Waals surface area contributed by atoms with Crippen LogP contribution in [0.4, 0.5) is 0 Å². The van der Waals surface area contributed by atoms with Gasteiger partial charge in [0.2, 0.25) is 5.91 Å². The molecule has 0 saturated heterocycles. The molecule has 26 heavy (non-hydrogen) atoms. The molecule has 0 bridgehead atoms. The van der Waals surface area contributed by atoms with E-state index in [-0.39, 0.29) is 24.8 Å². The Labute approximate surface area is 161 Å². The summed E-state index contributed by atoms with van der Waals surface area (Å²) >= 11 is 7.67. The smallest absolute Gasteiger partial charge is 0.357 e. The first-order valence-corrected chi connectivity index (χ1v) is 9.46. The van der Waals surface area contributed by atoms with Crippen LogP contribution in [0.15, 0.2) is 35.7 Å². The van der Waals surface area contributed by atoms with E-state index >= 15 is 0 Å². The summed E-state index contributed by atoms with van der Waals surface area (Å²) in [6, 6.07) is 9.17. The number of ether oxygens (including phenoxy) is 2. The zero-order valence-corrected chi connectivity index (χ0v) is 16.3. The average molecular weight is 397 g/mol. The number of carbonyl (C=O) groups excluding carboxylic acids is 2. The van der Waals surface area contributed by atoms with Gasteiger partial charge in [-0.1, -0.05) is 30.3 Å². The van der Waals surface area contributed by atoms with E-state index in [1.54, 1.807) is 24.3 Å². The highest BCUT2D eigenvalue weighted by Gasteiger charge is 2.25. The van der Waals surface area contributed by atoms with Crippen molar-refractivity contribution in [2.45, 2.75) is 18.8 Å². The van der Waals surface area contributed by atoms with Gasteiger partial charge in [0.25, 0.3) is 0 Å². The second-order valence-electron chi connectivity index (χ2n) is 5.37. The van der Waals surface area contributed by atoms with E-state index in [0.29, 0.717) is 18.2 Å². The molecule has 0 aliphatic carbocycles. The van der Waals surface area contributed by atoms with Gasteiger partial charge in [-0.3, -0.25) is 4.79 Å². The summed E-state index contributed by atoms with van der Waals surface area (Å²) in [6.45, 7) is 3.03. The first-order chi connectivity index (χ1) is 12.6. The number of methoxy groups -OCH3 is 1. The van der Waals surface area contributed by atoms with E-state index in [0.717, 1.165) is 5.56 Å². The molecule has 0 fully saturated rings. The van der Waals surface area contributed by atoms with E-state index in [1.807, 2.05) is 30.3 Å². The number of nitrogens with zero attached hydrogens (tertiary/aromatic N) is 2. The number of halogens is 1. The zero-order valence-electron chi connectivity index (χ0n) is 14.7. The summed E-state index contributed by atoms with van der Waals surface area (Å²) in [5.41, 5.74) is 0.976. The zero-order chi connectivity index (χ0) is 18.9. The number of rotatable bonds is 9. The molecular formula is C18H21ClN2O4S. The van der Waals surface area contributed by atoms with Crippen LogP contribution in [0.5, 0.6) is 0 Å². The van der Waals surface area contributed by atoms with E-state index < -0.39 is 11.3 Å². The van der Waals surface area contributed by atoms with Crippen molar-refractivity contribution in [3.63, 3.8) is 0 Å². The Morgan fingerprint density at radius 2 is 2.04 bits per heavy atom. The minimum Gasteiger partial charge on any atom is -0.461 e. The minimum atomic E-state index is -0.794. The summed E-state index contributed by atoms with van der Waals surface area (Å²) in [6.07, 6.45) is 0. The van der Waals surface area contributed by atoms with Crippen molar-refractivity contribution < 1.29 is 19.1 Å². The second kappa shape index (κ2) is 10.3. The summed E-state index contributed by atoms with van der Waals surface area (Å²) in [5.74, 6) is -0.702. The van der Waals surface area contributed by atoms with Crippen molar-refractivity contribution in [3.05, 3.63) is 52.0 Å². The van der Waals surface area contributed by atoms with Crippen LogP contribution < -0.4 is 0 Å². The molecule has 0 radical (unpaired) electrons. The lowest BCUT2D eigenvalue weighted by atomic mass is 10.1. The van der Waals surface area contributed by atoms with Gasteiger partial charge in [0, 0.05) is 19.0 Å². The molecule has 2 rings (SSSR count). The number of carbonyl (C=O) groups is 2. The van der Waals surface area contributed by atoms with Crippen molar-refractivity contribution >= 4 is 34.8 Å². The number of esters is 1. The van der Waals surface area contributed by atoms with Crippen molar-refractivity contribution in [1.29, 1.82) is 0 Å². The molecule has 1 aromatic heterocycles. The van der Waals surface area contributed by atoms with Gasteiger partial charge in [-0.25, -0.2) is 9.78 Å². The van der Waals surface area contributed by atoms with Crippen molar-refractivity contribution in [2.24, 2.45) is 0 Å². The summed E-state index contributed by atoms with van der Waals surface area (Å²) in [5, 5.41) is 1.47. The Morgan fingerprint density at radius 1 is 1.31 bits per heavy atom. The number of thiazole rings is 1. The number of aromatic nitrogens is 1. The van der Waals surface area contributed by atoms with Crippen LogP contribution in [-0.4, -0.2) is 48.6 Å². The predicted molar refractivity (Wildman–Crippen MR) is 100 cm³/mol. The largest absolute Gasteiger partial charge is 0.461 e. The Bertz CT molecular complexity index is 723. The lowest BCUT2D eigenvalue weighted by Gasteiger charge is -2.24. The highest BCUT2D eigenvalue weighted by atomic mass is 35.5. The van der Waals surface area contributed by atoms with Crippen LogP contribution in [0.2, 0.25) is 0 Å². The van der Waals surface area contributed by atoms with Crippen LogP contribution in [0.3, 0.4) is 0 Å². The molecular weight excluding hydrogens is 376 g/mol. The van der Waals surface area contributed by atoms with Crippen molar-refractivity contribution in [2.75, 3.05) is 26.9 Å².